The molecule has 0 saturated heterocycles. The minimum atomic E-state index is 0.0850. The van der Waals surface area contributed by atoms with Crippen molar-refractivity contribution < 1.29 is 4.42 Å². The van der Waals surface area contributed by atoms with Crippen LogP contribution in [0.3, 0.4) is 0 Å². The molecule has 4 heterocycles. The number of fused-ring (bicyclic) bond motifs is 3. The molecule has 1 aliphatic rings. The number of rotatable bonds is 6. The van der Waals surface area contributed by atoms with E-state index >= 15 is 0 Å². The summed E-state index contributed by atoms with van der Waals surface area (Å²) in [6, 6.07) is 2.11. The first-order valence-electron chi connectivity index (χ1n) is 10.7. The molecule has 0 radical (unpaired) electrons. The van der Waals surface area contributed by atoms with E-state index in [1.807, 2.05) is 6.92 Å². The minimum absolute atomic E-state index is 0.0850. The van der Waals surface area contributed by atoms with Crippen LogP contribution in [0.15, 0.2) is 20.4 Å². The average Bonchev–Trinajstić information content (AvgIpc) is 3.48. The van der Waals surface area contributed by atoms with Crippen LogP contribution < -0.4 is 5.56 Å². The van der Waals surface area contributed by atoms with Gasteiger partial charge in [0, 0.05) is 16.3 Å². The Hall–Kier alpha value is -1.97. The molecule has 0 atom stereocenters. The van der Waals surface area contributed by atoms with Crippen LogP contribution in [0.5, 0.6) is 0 Å². The molecule has 0 saturated carbocycles. The van der Waals surface area contributed by atoms with Gasteiger partial charge in [-0.1, -0.05) is 18.7 Å². The van der Waals surface area contributed by atoms with Crippen molar-refractivity contribution in [1.82, 2.24) is 19.7 Å². The van der Waals surface area contributed by atoms with Crippen molar-refractivity contribution in [1.29, 1.82) is 0 Å². The molecule has 1 aliphatic carbocycles. The average molecular weight is 473 g/mol. The van der Waals surface area contributed by atoms with Crippen molar-refractivity contribution in [2.45, 2.75) is 70.3 Å². The van der Waals surface area contributed by atoms with Crippen LogP contribution in [0.25, 0.3) is 21.0 Å². The van der Waals surface area contributed by atoms with Crippen LogP contribution in [0.2, 0.25) is 0 Å². The number of hydrogen-bond donors (Lipinski definition) is 0. The molecule has 0 amide bonds. The topological polar surface area (TPSA) is 73.8 Å². The van der Waals surface area contributed by atoms with E-state index in [-0.39, 0.29) is 5.56 Å². The predicted molar refractivity (Wildman–Crippen MR) is 127 cm³/mol. The van der Waals surface area contributed by atoms with E-state index in [2.05, 4.69) is 30.1 Å². The minimum Gasteiger partial charge on any atom is -0.419 e. The van der Waals surface area contributed by atoms with Crippen LogP contribution in [0, 0.1) is 6.92 Å². The maximum absolute atomic E-state index is 13.2. The monoisotopic (exact) mass is 472 g/mol. The molecule has 0 fully saturated rings. The van der Waals surface area contributed by atoms with E-state index < -0.39 is 0 Å². The summed E-state index contributed by atoms with van der Waals surface area (Å²) in [4.78, 5) is 22.7. The third kappa shape index (κ3) is 3.76. The van der Waals surface area contributed by atoms with Crippen molar-refractivity contribution in [3.05, 3.63) is 43.2 Å². The van der Waals surface area contributed by atoms with Crippen LogP contribution >= 0.6 is 34.4 Å². The molecule has 0 unspecified atom stereocenters. The Morgan fingerprint density at radius 1 is 1.19 bits per heavy atom. The summed E-state index contributed by atoms with van der Waals surface area (Å²) >= 11 is 4.88. The number of thiophene rings is 2. The highest BCUT2D eigenvalue weighted by atomic mass is 32.2. The van der Waals surface area contributed by atoms with E-state index in [1.165, 1.54) is 39.1 Å². The molecule has 31 heavy (non-hydrogen) atoms. The van der Waals surface area contributed by atoms with Gasteiger partial charge in [0.2, 0.25) is 5.89 Å². The van der Waals surface area contributed by atoms with Gasteiger partial charge in [-0.05, 0) is 63.1 Å². The summed E-state index contributed by atoms with van der Waals surface area (Å²) < 4.78 is 7.70. The highest BCUT2D eigenvalue weighted by Gasteiger charge is 2.22. The lowest BCUT2D eigenvalue weighted by Crippen LogP contribution is -2.23. The summed E-state index contributed by atoms with van der Waals surface area (Å²) in [5.41, 5.74) is 2.59. The van der Waals surface area contributed by atoms with Crippen LogP contribution in [0.4, 0.5) is 0 Å². The highest BCUT2D eigenvalue weighted by Crippen LogP contribution is 2.35. The summed E-state index contributed by atoms with van der Waals surface area (Å²) in [7, 11) is 0. The summed E-state index contributed by atoms with van der Waals surface area (Å²) in [6.07, 6.45) is 5.42. The summed E-state index contributed by atoms with van der Waals surface area (Å²) in [5, 5.41) is 10.0. The fraction of sp³-hybridized carbons (Fsp3) is 0.455. The van der Waals surface area contributed by atoms with Gasteiger partial charge in [-0.2, -0.15) is 0 Å². The molecule has 0 aliphatic heterocycles. The molecule has 162 valence electrons. The maximum Gasteiger partial charge on any atom is 0.263 e. The van der Waals surface area contributed by atoms with Gasteiger partial charge in [0.15, 0.2) is 5.16 Å². The quantitative estimate of drug-likeness (QED) is 0.267. The lowest BCUT2D eigenvalue weighted by molar-refractivity contribution is 0.529. The van der Waals surface area contributed by atoms with Gasteiger partial charge in [0.05, 0.1) is 16.0 Å². The maximum atomic E-state index is 13.2. The third-order valence-corrected chi connectivity index (χ3v) is 9.22. The second-order valence-electron chi connectivity index (χ2n) is 7.69. The first-order chi connectivity index (χ1) is 15.1. The summed E-state index contributed by atoms with van der Waals surface area (Å²) in [6.45, 7) is 6.85. The molecule has 6 nitrogen and oxygen atoms in total. The molecular weight excluding hydrogens is 448 g/mol. The Kier molecular flexibility index (Phi) is 5.75. The van der Waals surface area contributed by atoms with Gasteiger partial charge < -0.3 is 4.42 Å². The van der Waals surface area contributed by atoms with Crippen LogP contribution in [-0.2, 0) is 31.6 Å². The smallest absolute Gasteiger partial charge is 0.263 e. The van der Waals surface area contributed by atoms with E-state index in [1.54, 1.807) is 27.2 Å². The fourth-order valence-electron chi connectivity index (χ4n) is 4.12. The SMILES string of the molecule is CCc1sc(-c2nnc(CSc3nc4sc5c(c4c(=O)n3CC)CCCC5)o2)cc1C. The number of aryl methyl sites for hydroxylation is 4. The zero-order chi connectivity index (χ0) is 21.5. The molecule has 4 aromatic heterocycles. The van der Waals surface area contributed by atoms with Gasteiger partial charge in [-0.15, -0.1) is 32.9 Å². The van der Waals surface area contributed by atoms with Crippen molar-refractivity contribution >= 4 is 44.7 Å². The zero-order valence-corrected chi connectivity index (χ0v) is 20.3. The predicted octanol–water partition coefficient (Wildman–Crippen LogP) is 5.63. The van der Waals surface area contributed by atoms with Gasteiger partial charge in [-0.25, -0.2) is 4.98 Å². The lowest BCUT2D eigenvalue weighted by Gasteiger charge is -2.11. The molecule has 4 aromatic rings. The Labute approximate surface area is 192 Å². The normalized spacial score (nSPS) is 13.8. The molecule has 0 N–H and O–H groups in total. The Bertz CT molecular complexity index is 1310. The van der Waals surface area contributed by atoms with Crippen LogP contribution in [0.1, 0.15) is 53.5 Å². The molecule has 9 heteroatoms. The summed E-state index contributed by atoms with van der Waals surface area (Å²) in [5.74, 6) is 1.60. The third-order valence-electron chi connectivity index (χ3n) is 5.70. The lowest BCUT2D eigenvalue weighted by atomic mass is 9.97. The van der Waals surface area contributed by atoms with E-state index in [0.29, 0.717) is 24.1 Å². The fourth-order valence-corrected chi connectivity index (χ4v) is 7.36. The highest BCUT2D eigenvalue weighted by molar-refractivity contribution is 7.98. The number of aromatic nitrogens is 4. The molecule has 0 bridgehead atoms. The zero-order valence-electron chi connectivity index (χ0n) is 17.9. The number of thioether (sulfide) groups is 1. The second kappa shape index (κ2) is 8.52. The first kappa shape index (κ1) is 20.9. The van der Waals surface area contributed by atoms with Crippen molar-refractivity contribution in [2.24, 2.45) is 0 Å². The molecule has 0 aromatic carbocycles. The molecule has 5 rings (SSSR count). The largest absolute Gasteiger partial charge is 0.419 e. The Balaban J connectivity index is 1.42. The standard InChI is InChI=1S/C22H24N4O2S3/c1-4-14-12(3)10-16(30-14)19-25-24-17(28-19)11-29-22-23-20-18(21(27)26(22)5-2)13-8-6-7-9-15(13)31-20/h10H,4-9,11H2,1-3H3. The van der Waals surface area contributed by atoms with E-state index in [0.717, 1.165) is 45.9 Å². The van der Waals surface area contributed by atoms with Crippen LogP contribution in [-0.4, -0.2) is 19.7 Å². The van der Waals surface area contributed by atoms with Gasteiger partial charge in [0.1, 0.15) is 4.83 Å². The number of nitrogens with zero attached hydrogens (tertiary/aromatic N) is 4. The van der Waals surface area contributed by atoms with Crippen molar-refractivity contribution in [3.8, 4) is 10.8 Å². The van der Waals surface area contributed by atoms with E-state index in [4.69, 9.17) is 9.40 Å². The Morgan fingerprint density at radius 3 is 2.81 bits per heavy atom. The van der Waals surface area contributed by atoms with Gasteiger partial charge >= 0.3 is 0 Å². The molecular formula is C22H24N4O2S3. The van der Waals surface area contributed by atoms with E-state index in [9.17, 15) is 4.79 Å². The van der Waals surface area contributed by atoms with Gasteiger partial charge in [-0.3, -0.25) is 9.36 Å². The number of hydrogen-bond acceptors (Lipinski definition) is 8. The Morgan fingerprint density at radius 2 is 2.03 bits per heavy atom. The second-order valence-corrected chi connectivity index (χ2v) is 10.9. The van der Waals surface area contributed by atoms with Crippen molar-refractivity contribution in [3.63, 3.8) is 0 Å². The molecule has 0 spiro atoms. The van der Waals surface area contributed by atoms with Crippen molar-refractivity contribution in [2.75, 3.05) is 0 Å². The first-order valence-corrected chi connectivity index (χ1v) is 13.3. The van der Waals surface area contributed by atoms with Gasteiger partial charge in [0.25, 0.3) is 11.4 Å².